The minimum absolute atomic E-state index is 0.538. The van der Waals surface area contributed by atoms with E-state index in [1.165, 1.54) is 11.1 Å². The molecule has 0 atom stereocenters. The van der Waals surface area contributed by atoms with Crippen LogP contribution < -0.4 is 10.6 Å². The number of aromatic nitrogens is 3. The first kappa shape index (κ1) is 18.6. The molecule has 27 heavy (non-hydrogen) atoms. The van der Waals surface area contributed by atoms with Crippen LogP contribution in [0, 0.1) is 0 Å². The average Bonchev–Trinajstić information content (AvgIpc) is 3.19. The molecule has 0 amide bonds. The quantitative estimate of drug-likeness (QED) is 0.501. The maximum atomic E-state index is 4.73. The van der Waals surface area contributed by atoms with Crippen LogP contribution in [0.15, 0.2) is 65.9 Å². The highest BCUT2D eigenvalue weighted by molar-refractivity contribution is 5.79. The first-order valence-electron chi connectivity index (χ1n) is 9.35. The van der Waals surface area contributed by atoms with E-state index >= 15 is 0 Å². The van der Waals surface area contributed by atoms with E-state index in [-0.39, 0.29) is 0 Å². The van der Waals surface area contributed by atoms with Crippen molar-refractivity contribution < 1.29 is 0 Å². The molecule has 140 valence electrons. The monoisotopic (exact) mass is 362 g/mol. The van der Waals surface area contributed by atoms with Gasteiger partial charge in [-0.2, -0.15) is 0 Å². The lowest BCUT2D eigenvalue weighted by molar-refractivity contribution is 0.755. The van der Waals surface area contributed by atoms with Crippen LogP contribution in [0.2, 0.25) is 0 Å². The molecule has 0 unspecified atom stereocenters. The van der Waals surface area contributed by atoms with Crippen molar-refractivity contribution in [1.82, 2.24) is 25.4 Å². The first-order valence-corrected chi connectivity index (χ1v) is 9.35. The lowest BCUT2D eigenvalue weighted by atomic mass is 10.1. The summed E-state index contributed by atoms with van der Waals surface area (Å²) in [5, 5.41) is 14.9. The molecule has 2 aromatic carbocycles. The minimum Gasteiger partial charge on any atom is -0.357 e. The van der Waals surface area contributed by atoms with E-state index in [0.717, 1.165) is 30.4 Å². The van der Waals surface area contributed by atoms with E-state index in [4.69, 9.17) is 4.99 Å². The molecule has 3 rings (SSSR count). The number of para-hydroxylation sites is 1. The van der Waals surface area contributed by atoms with Crippen molar-refractivity contribution in [3.63, 3.8) is 0 Å². The van der Waals surface area contributed by atoms with Gasteiger partial charge in [0.05, 0.1) is 13.1 Å². The molecule has 6 heteroatoms. The molecule has 1 heterocycles. The summed E-state index contributed by atoms with van der Waals surface area (Å²) in [6, 6.07) is 18.5. The predicted octanol–water partition coefficient (Wildman–Crippen LogP) is 3.09. The third-order valence-electron chi connectivity index (χ3n) is 4.32. The Balaban J connectivity index is 1.70. The Labute approximate surface area is 160 Å². The van der Waals surface area contributed by atoms with E-state index in [0.29, 0.717) is 13.1 Å². The van der Waals surface area contributed by atoms with Gasteiger partial charge in [-0.15, -0.1) is 10.2 Å². The second kappa shape index (κ2) is 9.52. The second-order valence-electron chi connectivity index (χ2n) is 6.12. The van der Waals surface area contributed by atoms with Crippen molar-refractivity contribution >= 4 is 5.96 Å². The van der Waals surface area contributed by atoms with Crippen LogP contribution in [-0.4, -0.2) is 27.3 Å². The highest BCUT2D eigenvalue weighted by Gasteiger charge is 2.07. The highest BCUT2D eigenvalue weighted by Crippen LogP contribution is 2.11. The van der Waals surface area contributed by atoms with Gasteiger partial charge in [0.1, 0.15) is 6.33 Å². The lowest BCUT2D eigenvalue weighted by Crippen LogP contribution is -2.37. The molecule has 0 saturated heterocycles. The predicted molar refractivity (Wildman–Crippen MR) is 109 cm³/mol. The average molecular weight is 362 g/mol. The van der Waals surface area contributed by atoms with Gasteiger partial charge in [0.15, 0.2) is 11.8 Å². The zero-order chi connectivity index (χ0) is 18.9. The highest BCUT2D eigenvalue weighted by atomic mass is 15.3. The maximum Gasteiger partial charge on any atom is 0.191 e. The molecule has 0 aliphatic carbocycles. The third-order valence-corrected chi connectivity index (χ3v) is 4.32. The van der Waals surface area contributed by atoms with Crippen LogP contribution >= 0.6 is 0 Å². The van der Waals surface area contributed by atoms with Crippen molar-refractivity contribution in [2.24, 2.45) is 4.99 Å². The second-order valence-corrected chi connectivity index (χ2v) is 6.12. The van der Waals surface area contributed by atoms with Crippen LogP contribution in [0.3, 0.4) is 0 Å². The zero-order valence-electron chi connectivity index (χ0n) is 15.9. The number of aryl methyl sites for hydroxylation is 1. The van der Waals surface area contributed by atoms with E-state index in [1.54, 1.807) is 6.33 Å². The number of rotatable bonds is 7. The topological polar surface area (TPSA) is 67.1 Å². The number of benzene rings is 2. The largest absolute Gasteiger partial charge is 0.357 e. The fourth-order valence-corrected chi connectivity index (χ4v) is 2.91. The Hall–Kier alpha value is -3.15. The molecular formula is C21H26N6. The van der Waals surface area contributed by atoms with Gasteiger partial charge in [-0.25, -0.2) is 4.99 Å². The van der Waals surface area contributed by atoms with Crippen molar-refractivity contribution in [3.8, 4) is 5.69 Å². The van der Waals surface area contributed by atoms with Crippen LogP contribution in [-0.2, 0) is 19.5 Å². The van der Waals surface area contributed by atoms with Crippen LogP contribution in [0.1, 0.15) is 30.8 Å². The van der Waals surface area contributed by atoms with Gasteiger partial charge < -0.3 is 10.6 Å². The molecular weight excluding hydrogens is 336 g/mol. The molecule has 0 aliphatic heterocycles. The summed E-state index contributed by atoms with van der Waals surface area (Å²) in [7, 11) is 0. The Morgan fingerprint density at radius 1 is 0.963 bits per heavy atom. The Bertz CT molecular complexity index is 869. The molecule has 0 saturated carbocycles. The van der Waals surface area contributed by atoms with Gasteiger partial charge in [-0.3, -0.25) is 4.57 Å². The lowest BCUT2D eigenvalue weighted by Gasteiger charge is -2.12. The maximum absolute atomic E-state index is 4.73. The summed E-state index contributed by atoms with van der Waals surface area (Å²) in [6.45, 7) is 6.21. The molecule has 0 spiro atoms. The third kappa shape index (κ3) is 4.94. The number of nitrogens with one attached hydrogen (secondary N) is 2. The van der Waals surface area contributed by atoms with Crippen LogP contribution in [0.4, 0.5) is 0 Å². The first-order chi connectivity index (χ1) is 13.3. The summed E-state index contributed by atoms with van der Waals surface area (Å²) >= 11 is 0. The van der Waals surface area contributed by atoms with E-state index in [9.17, 15) is 0 Å². The Morgan fingerprint density at radius 3 is 2.44 bits per heavy atom. The van der Waals surface area contributed by atoms with E-state index in [1.807, 2.05) is 34.9 Å². The fourth-order valence-electron chi connectivity index (χ4n) is 2.91. The van der Waals surface area contributed by atoms with Gasteiger partial charge in [0.2, 0.25) is 0 Å². The van der Waals surface area contributed by atoms with Crippen LogP contribution in [0.5, 0.6) is 0 Å². The van der Waals surface area contributed by atoms with E-state index in [2.05, 4.69) is 58.9 Å². The molecule has 2 N–H and O–H groups in total. The van der Waals surface area contributed by atoms with Crippen molar-refractivity contribution in [1.29, 1.82) is 0 Å². The summed E-state index contributed by atoms with van der Waals surface area (Å²) in [5.74, 6) is 1.60. The Kier molecular flexibility index (Phi) is 6.57. The molecule has 0 fully saturated rings. The van der Waals surface area contributed by atoms with Gasteiger partial charge in [0.25, 0.3) is 0 Å². The summed E-state index contributed by atoms with van der Waals surface area (Å²) < 4.78 is 1.98. The van der Waals surface area contributed by atoms with Crippen molar-refractivity contribution in [2.45, 2.75) is 33.4 Å². The molecule has 1 aromatic heterocycles. The molecule has 6 nitrogen and oxygen atoms in total. The summed E-state index contributed by atoms with van der Waals surface area (Å²) in [6.07, 6.45) is 2.74. The van der Waals surface area contributed by atoms with Crippen molar-refractivity contribution in [2.75, 3.05) is 6.54 Å². The standard InChI is InChI=1S/C21H26N6/c1-3-17-10-8-9-11-18(17)14-23-21(22-4-2)24-15-20-26-25-16-27(20)19-12-6-5-7-13-19/h5-13,16H,3-4,14-15H2,1-2H3,(H2,22,23,24). The Morgan fingerprint density at radius 2 is 1.70 bits per heavy atom. The normalized spacial score (nSPS) is 11.4. The molecule has 0 bridgehead atoms. The van der Waals surface area contributed by atoms with E-state index < -0.39 is 0 Å². The van der Waals surface area contributed by atoms with Crippen molar-refractivity contribution in [3.05, 3.63) is 77.9 Å². The summed E-state index contributed by atoms with van der Waals surface area (Å²) in [5.41, 5.74) is 3.63. The molecule has 0 aliphatic rings. The number of hydrogen-bond donors (Lipinski definition) is 2. The van der Waals surface area contributed by atoms with Gasteiger partial charge in [-0.1, -0.05) is 49.4 Å². The number of nitrogens with zero attached hydrogens (tertiary/aromatic N) is 4. The zero-order valence-corrected chi connectivity index (χ0v) is 15.9. The van der Waals surface area contributed by atoms with Gasteiger partial charge in [0, 0.05) is 12.2 Å². The number of hydrogen-bond acceptors (Lipinski definition) is 3. The summed E-state index contributed by atoms with van der Waals surface area (Å²) in [4.78, 5) is 4.73. The van der Waals surface area contributed by atoms with Gasteiger partial charge >= 0.3 is 0 Å². The van der Waals surface area contributed by atoms with Gasteiger partial charge in [-0.05, 0) is 36.6 Å². The molecule has 0 radical (unpaired) electrons. The molecule has 3 aromatic rings. The number of aliphatic imine (C=N–C) groups is 1. The minimum atomic E-state index is 0.538. The smallest absolute Gasteiger partial charge is 0.191 e. The number of guanidine groups is 1. The SMILES string of the molecule is CCNC(=NCc1ccccc1CC)NCc1nncn1-c1ccccc1. The fraction of sp³-hybridized carbons (Fsp3) is 0.286. The van der Waals surface area contributed by atoms with Crippen LogP contribution in [0.25, 0.3) is 5.69 Å².